The first kappa shape index (κ1) is 97.3. The number of hydrogen-bond acceptors (Lipinski definition) is 15. The fourth-order valence-corrected chi connectivity index (χ4v) is 16.8. The highest BCUT2D eigenvalue weighted by Gasteiger charge is 2.45. The highest BCUT2D eigenvalue weighted by atomic mass is 32.2. The van der Waals surface area contributed by atoms with E-state index >= 15 is 0 Å². The Kier molecular flexibility index (Phi) is 33.7. The summed E-state index contributed by atoms with van der Waals surface area (Å²) in [7, 11) is 3.41. The molecule has 124 heavy (non-hydrogen) atoms. The van der Waals surface area contributed by atoms with Gasteiger partial charge in [0.05, 0.1) is 49.6 Å². The number of thioether (sulfide) groups is 1. The quantitative estimate of drug-likeness (QED) is 0.0136. The lowest BCUT2D eigenvalue weighted by molar-refractivity contribution is -0.388. The molecule has 2 amide bonds. The van der Waals surface area contributed by atoms with E-state index in [1.54, 1.807) is 67.9 Å². The Balaban J connectivity index is 0.000000176. The summed E-state index contributed by atoms with van der Waals surface area (Å²) >= 11 is 3.12. The smallest absolute Gasteiger partial charge is 0.369 e. The van der Waals surface area contributed by atoms with E-state index < -0.39 is 99.0 Å². The minimum Gasteiger partial charge on any atom is -0.369 e. The number of thiophene rings is 1. The Hall–Kier alpha value is -10.5. The number of amides is 2. The van der Waals surface area contributed by atoms with Crippen molar-refractivity contribution in [1.82, 2.24) is 30.0 Å². The minimum absolute atomic E-state index is 0.00465. The molecular weight excluding hydrogens is 1720 g/mol. The number of nitro groups is 1. The summed E-state index contributed by atoms with van der Waals surface area (Å²) in [4.78, 5) is 62.1. The number of anilines is 1. The monoisotopic (exact) mass is 1800 g/mol. The fraction of sp³-hybridized carbons (Fsp3) is 0.375. The van der Waals surface area contributed by atoms with Crippen molar-refractivity contribution in [2.45, 2.75) is 168 Å². The Morgan fingerprint density at radius 3 is 1.87 bits per heavy atom. The second-order valence-electron chi connectivity index (χ2n) is 29.6. The standard InChI is InChI=1S/C19H18F3N3.C18H19F3N2O.C18H22F3NO.C17H14F3NOS2.C16H11F6N3O2S/c20-19(21,22)17-2-1-3-18(12-17)25-10-8-24(9-11-25)14-16-6-4-15(13-23)5-7-16;1-22-17(24)15-8-6-13(7-9-15)11-23(2)12-14-4-3-5-16(10-14)18(19,20)21;1-12(13-9-10-13)22(11-18(19,20)21)17(23)16-8-4-6-14-5-2-3-7-15(14)16;1-2-3-6-24-15-9-12(14-5-4-7-23-14)13(8-11(15)10-21)16(22)17(18,19)20;17-15(18,19)8-5-6-12(11(7-8)25(26)27)28-14-23-10-4-2-1-3-9(10)13(24-14)16(20,21)22/h1-7,12H,8-11,14H2;3-10H,11-12H2,1-2H3,(H,22,24);2-3,5,7,12-13,16H,4,6,8-11H2,1H3;4-5,7-9H,2-3,6H2,1H3;5-7H,1-4H2. The lowest BCUT2D eigenvalue weighted by Gasteiger charge is -2.36. The second-order valence-corrected chi connectivity index (χ2v) is 32.7. The van der Waals surface area contributed by atoms with Crippen LogP contribution in [0.3, 0.4) is 0 Å². The molecule has 13 rings (SSSR count). The molecule has 9 aromatic rings. The maximum atomic E-state index is 13.4. The van der Waals surface area contributed by atoms with Crippen LogP contribution < -0.4 is 10.2 Å². The van der Waals surface area contributed by atoms with Crippen molar-refractivity contribution < 1.29 is 98.3 Å². The molecule has 2 unspecified atom stereocenters. The van der Waals surface area contributed by atoms with Crippen LogP contribution in [-0.4, -0.2) is 118 Å². The van der Waals surface area contributed by atoms with Crippen LogP contribution in [0.15, 0.2) is 184 Å². The van der Waals surface area contributed by atoms with Crippen molar-refractivity contribution in [3.8, 4) is 22.6 Å². The number of aryl methyl sites for hydroxylation is 2. The van der Waals surface area contributed by atoms with Crippen LogP contribution in [-0.2, 0) is 68.4 Å². The molecule has 2 atom stereocenters. The third-order valence-corrected chi connectivity index (χ3v) is 23.5. The van der Waals surface area contributed by atoms with Crippen molar-refractivity contribution in [2.24, 2.45) is 5.92 Å². The number of fused-ring (bicyclic) bond motifs is 2. The molecule has 660 valence electrons. The molecule has 1 N–H and O–H groups in total. The maximum Gasteiger partial charge on any atom is 0.454 e. The number of halogens is 18. The summed E-state index contributed by atoms with van der Waals surface area (Å²) in [6.07, 6.45) is -19.6. The van der Waals surface area contributed by atoms with Crippen LogP contribution in [0, 0.1) is 38.7 Å². The van der Waals surface area contributed by atoms with Gasteiger partial charge in [0.1, 0.15) is 12.6 Å². The number of Topliss-reactive ketones (excluding diaryl/α,β-unsaturated/α-hetero) is 1. The number of nitriles is 2. The minimum atomic E-state index is -4.98. The molecule has 0 spiro atoms. The van der Waals surface area contributed by atoms with E-state index in [1.165, 1.54) is 53.4 Å². The molecule has 0 bridgehead atoms. The zero-order chi connectivity index (χ0) is 90.7. The topological polar surface area (TPSA) is 193 Å². The summed E-state index contributed by atoms with van der Waals surface area (Å²) in [6, 6.07) is 44.6. The normalized spacial score (nSPS) is 15.1. The van der Waals surface area contributed by atoms with Crippen LogP contribution in [0.5, 0.6) is 0 Å². The number of rotatable bonds is 21. The number of aromatic nitrogens is 2. The molecule has 15 nitrogen and oxygen atoms in total. The molecule has 2 aromatic heterocycles. The van der Waals surface area contributed by atoms with Crippen LogP contribution in [0.4, 0.5) is 90.4 Å². The first-order valence-corrected chi connectivity index (χ1v) is 41.8. The maximum absolute atomic E-state index is 13.4. The van der Waals surface area contributed by atoms with Crippen molar-refractivity contribution in [1.29, 1.82) is 10.5 Å². The second kappa shape index (κ2) is 42.9. The number of nitro benzene ring substituents is 1. The lowest BCUT2D eigenvalue weighted by atomic mass is 9.82. The van der Waals surface area contributed by atoms with Gasteiger partial charge in [0.2, 0.25) is 5.91 Å². The van der Waals surface area contributed by atoms with E-state index in [-0.39, 0.29) is 57.5 Å². The molecule has 2 fully saturated rings. The Morgan fingerprint density at radius 2 is 1.28 bits per heavy atom. The average molecular weight is 1800 g/mol. The average Bonchev–Trinajstić information content (AvgIpc) is 1.09. The van der Waals surface area contributed by atoms with Crippen LogP contribution in [0.25, 0.3) is 10.4 Å². The van der Waals surface area contributed by atoms with Gasteiger partial charge in [0.25, 0.3) is 17.4 Å². The Labute approximate surface area is 716 Å². The van der Waals surface area contributed by atoms with Gasteiger partial charge >= 0.3 is 37.1 Å². The summed E-state index contributed by atoms with van der Waals surface area (Å²) in [5.74, 6) is -1.87. The van der Waals surface area contributed by atoms with E-state index in [9.17, 15) is 109 Å². The van der Waals surface area contributed by atoms with Gasteiger partial charge in [-0.15, -0.1) is 23.1 Å². The van der Waals surface area contributed by atoms with Gasteiger partial charge in [-0.25, -0.2) is 9.97 Å². The number of hydrogen-bond donors (Lipinski definition) is 1. The van der Waals surface area contributed by atoms with Gasteiger partial charge in [0, 0.05) is 108 Å². The number of unbranched alkanes of at least 4 members (excludes halogenated alkanes) is 1. The van der Waals surface area contributed by atoms with Crippen molar-refractivity contribution in [3.63, 3.8) is 0 Å². The Morgan fingerprint density at radius 1 is 0.653 bits per heavy atom. The molecule has 4 aliphatic rings. The third-order valence-electron chi connectivity index (χ3n) is 20.5. The highest BCUT2D eigenvalue weighted by Crippen LogP contribution is 2.45. The van der Waals surface area contributed by atoms with Gasteiger partial charge < -0.3 is 15.1 Å². The number of alkyl halides is 18. The zero-order valence-corrected chi connectivity index (χ0v) is 69.6. The third kappa shape index (κ3) is 28.0. The van der Waals surface area contributed by atoms with E-state index in [1.807, 2.05) is 78.4 Å². The van der Waals surface area contributed by atoms with E-state index in [0.717, 1.165) is 115 Å². The number of ketones is 1. The fourth-order valence-electron chi connectivity index (χ4n) is 14.0. The van der Waals surface area contributed by atoms with Gasteiger partial charge in [-0.05, 0) is 214 Å². The molecule has 3 heterocycles. The summed E-state index contributed by atoms with van der Waals surface area (Å²) in [5, 5.41) is 33.1. The first-order chi connectivity index (χ1) is 58.5. The summed E-state index contributed by atoms with van der Waals surface area (Å²) < 4.78 is 233. The number of piperazine rings is 1. The van der Waals surface area contributed by atoms with Crippen molar-refractivity contribution in [2.75, 3.05) is 57.5 Å². The molecule has 1 saturated heterocycles. The number of benzene rings is 7. The van der Waals surface area contributed by atoms with Crippen LogP contribution in [0.1, 0.15) is 164 Å². The first-order valence-electron chi connectivity index (χ1n) is 39.1. The number of carbonyl (C=O) groups excluding carboxylic acids is 3. The van der Waals surface area contributed by atoms with Gasteiger partial charge in [-0.3, -0.25) is 34.3 Å². The molecule has 0 radical (unpaired) electrons. The molecule has 3 aliphatic carbocycles. The number of nitrogens with one attached hydrogen (secondary N) is 1. The van der Waals surface area contributed by atoms with E-state index in [0.29, 0.717) is 108 Å². The molecule has 1 saturated carbocycles. The Bertz CT molecular complexity index is 5220. The van der Waals surface area contributed by atoms with Crippen molar-refractivity contribution >= 4 is 63.8 Å². The zero-order valence-electron chi connectivity index (χ0n) is 67.1. The predicted octanol–water partition coefficient (Wildman–Crippen LogP) is 23.3. The highest BCUT2D eigenvalue weighted by molar-refractivity contribution is 7.99. The van der Waals surface area contributed by atoms with Crippen LogP contribution in [0.2, 0.25) is 0 Å². The van der Waals surface area contributed by atoms with Crippen LogP contribution >= 0.6 is 34.9 Å². The van der Waals surface area contributed by atoms with Gasteiger partial charge in [-0.1, -0.05) is 92.2 Å². The molecule has 7 aromatic carbocycles. The SMILES string of the molecule is CC(C1CC1)N(CC(F)(F)F)C(=O)C1CCCc2ccccc21.CCCCSc1cc(-c2cccs2)c(C(=O)C(F)(F)F)cc1C#N.CNC(=O)c1ccc(CN(C)Cc2cccc(C(F)(F)F)c2)cc1.N#Cc1ccc(CN2CCN(c3cccc(C(F)(F)F)c3)CC2)cc1.O=[N+]([O-])c1cc(C(F)(F)F)ccc1Sc1nc2c(c(C(F)(F)F)n1)CCCC2. The summed E-state index contributed by atoms with van der Waals surface area (Å²) in [5.41, 5.74) is 2.18. The summed E-state index contributed by atoms with van der Waals surface area (Å²) in [6.45, 7) is 7.38. The molecule has 36 heteroatoms. The predicted molar refractivity (Wildman–Crippen MR) is 435 cm³/mol. The molecular formula is C88H84F18N10O5S3. The lowest BCUT2D eigenvalue weighted by Crippen LogP contribution is -2.47. The van der Waals surface area contributed by atoms with E-state index in [4.69, 9.17) is 5.26 Å². The largest absolute Gasteiger partial charge is 0.454 e. The van der Waals surface area contributed by atoms with Gasteiger partial charge in [0.15, 0.2) is 10.9 Å². The number of carbonyl (C=O) groups is 3. The number of nitrogens with zero attached hydrogens (tertiary/aromatic N) is 9. The van der Waals surface area contributed by atoms with E-state index in [2.05, 4.69) is 26.3 Å². The van der Waals surface area contributed by atoms with Crippen molar-refractivity contribution in [3.05, 3.63) is 263 Å². The van der Waals surface area contributed by atoms with Gasteiger partial charge in [-0.2, -0.15) is 89.6 Å². The molecule has 1 aliphatic heterocycles.